The fourth-order valence-corrected chi connectivity index (χ4v) is 2.62. The minimum atomic E-state index is -3.67. The molecule has 9 nitrogen and oxygen atoms in total. The lowest BCUT2D eigenvalue weighted by Gasteiger charge is -2.19. The molecule has 0 bridgehead atoms. The number of aromatic nitrogens is 3. The van der Waals surface area contributed by atoms with Crippen molar-refractivity contribution in [1.29, 1.82) is 0 Å². The second-order valence-corrected chi connectivity index (χ2v) is 9.52. The first kappa shape index (κ1) is 24.1. The lowest BCUT2D eigenvalue weighted by Crippen LogP contribution is -2.19. The van der Waals surface area contributed by atoms with Crippen LogP contribution in [-0.4, -0.2) is 45.3 Å². The predicted octanol–water partition coefficient (Wildman–Crippen LogP) is 2.77. The molecular weight excluding hydrogens is 427 g/mol. The molecule has 0 saturated heterocycles. The molecule has 0 radical (unpaired) electrons. The number of nitrogen functional groups attached to an aromatic ring is 1. The van der Waals surface area contributed by atoms with Gasteiger partial charge in [-0.1, -0.05) is 20.8 Å². The number of carbonyl (C=O) groups is 2. The van der Waals surface area contributed by atoms with Crippen LogP contribution in [0.25, 0.3) is 11.2 Å². The van der Waals surface area contributed by atoms with Crippen LogP contribution in [0.15, 0.2) is 36.4 Å². The first-order valence-electron chi connectivity index (χ1n) is 9.05. The van der Waals surface area contributed by atoms with E-state index in [2.05, 4.69) is 9.97 Å². The van der Waals surface area contributed by atoms with E-state index in [1.54, 1.807) is 10.6 Å². The molecule has 3 N–H and O–H groups in total. The van der Waals surface area contributed by atoms with Crippen LogP contribution in [0.3, 0.4) is 0 Å². The van der Waals surface area contributed by atoms with E-state index in [1.165, 1.54) is 18.2 Å². The van der Waals surface area contributed by atoms with E-state index >= 15 is 0 Å². The van der Waals surface area contributed by atoms with Crippen LogP contribution < -0.4 is 5.73 Å². The quantitative estimate of drug-likeness (QED) is 0.351. The van der Waals surface area contributed by atoms with Crippen molar-refractivity contribution in [2.45, 2.75) is 27.3 Å². The number of benzene rings is 1. The smallest absolute Gasteiger partial charge is 0.261 e. The van der Waals surface area contributed by atoms with Gasteiger partial charge in [0.25, 0.3) is 15.9 Å². The molecule has 0 aliphatic heterocycles. The summed E-state index contributed by atoms with van der Waals surface area (Å²) in [7, 11) is -3.67. The molecule has 2 aromatic heterocycles. The summed E-state index contributed by atoms with van der Waals surface area (Å²) in [6.45, 7) is 6.70. The minimum absolute atomic E-state index is 0.00174. The van der Waals surface area contributed by atoms with Crippen LogP contribution in [0.4, 0.5) is 10.3 Å². The molecule has 3 rings (SSSR count). The Morgan fingerprint density at radius 3 is 2.13 bits per heavy atom. The molecule has 11 heteroatoms. The maximum atomic E-state index is 13.0. The zero-order valence-corrected chi connectivity index (χ0v) is 18.3. The van der Waals surface area contributed by atoms with Crippen LogP contribution in [0.1, 0.15) is 41.6 Å². The van der Waals surface area contributed by atoms with Gasteiger partial charge in [0, 0.05) is 12.1 Å². The average molecular weight is 450 g/mol. The Kier molecular flexibility index (Phi) is 6.92. The number of carbonyl (C=O) groups excluding carboxylic acids is 2. The lowest BCUT2D eigenvalue weighted by atomic mass is 9.97. The molecule has 0 aliphatic rings. The highest BCUT2D eigenvalue weighted by molar-refractivity contribution is 7.85. The van der Waals surface area contributed by atoms with Gasteiger partial charge in [-0.2, -0.15) is 8.42 Å². The summed E-state index contributed by atoms with van der Waals surface area (Å²) in [5, 5.41) is 0. The highest BCUT2D eigenvalue weighted by atomic mass is 32.2. The molecule has 31 heavy (non-hydrogen) atoms. The Labute approximate surface area is 178 Å². The second-order valence-electron chi connectivity index (χ2n) is 8.05. The third-order valence-corrected chi connectivity index (χ3v) is 3.80. The van der Waals surface area contributed by atoms with Gasteiger partial charge in [-0.3, -0.25) is 18.7 Å². The number of nitrogens with zero attached hydrogens (tertiary/aromatic N) is 3. The third-order valence-electron chi connectivity index (χ3n) is 3.80. The van der Waals surface area contributed by atoms with Crippen LogP contribution in [0, 0.1) is 11.2 Å². The van der Waals surface area contributed by atoms with E-state index < -0.39 is 27.5 Å². The predicted molar refractivity (Wildman–Crippen MR) is 114 cm³/mol. The fraction of sp³-hybridized carbons (Fsp3) is 0.300. The number of nitrogens with two attached hydrogens (primary N) is 1. The number of fused-ring (bicyclic) bond motifs is 1. The molecule has 0 unspecified atom stereocenters. The van der Waals surface area contributed by atoms with Crippen LogP contribution in [-0.2, 0) is 16.7 Å². The Balaban J connectivity index is 0.000000614. The van der Waals surface area contributed by atoms with Crippen LogP contribution in [0.2, 0.25) is 0 Å². The van der Waals surface area contributed by atoms with Gasteiger partial charge in [0.2, 0.25) is 11.7 Å². The number of hydrogen-bond acceptors (Lipinski definition) is 7. The molecule has 0 fully saturated rings. The van der Waals surface area contributed by atoms with Crippen molar-refractivity contribution >= 4 is 38.8 Å². The third kappa shape index (κ3) is 6.93. The second kappa shape index (κ2) is 8.90. The van der Waals surface area contributed by atoms with E-state index in [1.807, 2.05) is 20.8 Å². The number of hydrogen-bond donors (Lipinski definition) is 2. The number of ketones is 2. The van der Waals surface area contributed by atoms with Crippen molar-refractivity contribution in [1.82, 2.24) is 14.5 Å². The van der Waals surface area contributed by atoms with Gasteiger partial charge >= 0.3 is 0 Å². The van der Waals surface area contributed by atoms with Gasteiger partial charge < -0.3 is 5.73 Å². The van der Waals surface area contributed by atoms with Crippen molar-refractivity contribution in [3.8, 4) is 0 Å². The van der Waals surface area contributed by atoms with E-state index in [0.717, 1.165) is 12.1 Å². The first-order chi connectivity index (χ1) is 14.2. The summed E-state index contributed by atoms with van der Waals surface area (Å²) in [6.07, 6.45) is 0.715. The highest BCUT2D eigenvalue weighted by Gasteiger charge is 2.22. The number of pyridine rings is 1. The molecule has 0 amide bonds. The summed E-state index contributed by atoms with van der Waals surface area (Å²) >= 11 is 0. The normalized spacial score (nSPS) is 11.7. The van der Waals surface area contributed by atoms with Gasteiger partial charge in [-0.15, -0.1) is 0 Å². The molecule has 0 aliphatic carbocycles. The zero-order valence-electron chi connectivity index (χ0n) is 17.5. The van der Waals surface area contributed by atoms with Crippen LogP contribution in [0.5, 0.6) is 0 Å². The number of anilines is 1. The van der Waals surface area contributed by atoms with Gasteiger partial charge in [0.05, 0.1) is 6.26 Å². The Hall–Kier alpha value is -3.18. The van der Waals surface area contributed by atoms with Gasteiger partial charge in [-0.05, 0) is 41.8 Å². The van der Waals surface area contributed by atoms with Crippen molar-refractivity contribution < 1.29 is 27.0 Å². The van der Waals surface area contributed by atoms with Crippen molar-refractivity contribution in [3.63, 3.8) is 0 Å². The molecule has 3 aromatic rings. The maximum absolute atomic E-state index is 13.0. The van der Waals surface area contributed by atoms with Gasteiger partial charge in [0.1, 0.15) is 17.0 Å². The number of rotatable bonds is 4. The number of Topliss-reactive ketones (excluding diaryl/α,β-unsaturated/α-hetero) is 2. The molecule has 0 saturated carbocycles. The Morgan fingerprint density at radius 2 is 1.61 bits per heavy atom. The molecule has 0 atom stereocenters. The summed E-state index contributed by atoms with van der Waals surface area (Å²) in [5.74, 6) is -1.68. The largest absolute Gasteiger partial charge is 0.369 e. The van der Waals surface area contributed by atoms with Crippen molar-refractivity contribution in [3.05, 3.63) is 53.5 Å². The summed E-state index contributed by atoms with van der Waals surface area (Å²) in [5.41, 5.74) is 7.02. The highest BCUT2D eigenvalue weighted by Crippen LogP contribution is 2.23. The first-order valence-corrected chi connectivity index (χ1v) is 10.9. The monoisotopic (exact) mass is 450 g/mol. The topological polar surface area (TPSA) is 145 Å². The average Bonchev–Trinajstić information content (AvgIpc) is 2.93. The van der Waals surface area contributed by atoms with E-state index in [4.69, 9.17) is 10.3 Å². The van der Waals surface area contributed by atoms with E-state index in [-0.39, 0.29) is 16.7 Å². The molecular formula is C20H23FN4O5S. The number of halogens is 1. The summed E-state index contributed by atoms with van der Waals surface area (Å²) < 4.78 is 40.6. The standard InChI is InChI=1S/C19H19FN4O2.CH4O3S/c1-19(2,3)10-24-17-14(23-18(24)21)9-8-13(22-17)16(26)15(25)11-4-6-12(20)7-5-11;1-5(2,3)4/h4-9H,10H2,1-3H3,(H2,21,23);1H3,(H,2,3,4). The molecule has 2 heterocycles. The van der Waals surface area contributed by atoms with Crippen LogP contribution >= 0.6 is 0 Å². The Morgan fingerprint density at radius 1 is 1.06 bits per heavy atom. The molecule has 166 valence electrons. The summed E-state index contributed by atoms with van der Waals surface area (Å²) in [4.78, 5) is 33.4. The fourth-order valence-electron chi connectivity index (χ4n) is 2.62. The Bertz CT molecular complexity index is 1220. The SMILES string of the molecule is CC(C)(C)Cn1c(N)nc2ccc(C(=O)C(=O)c3ccc(F)cc3)nc21.CS(=O)(=O)O. The van der Waals surface area contributed by atoms with Gasteiger partial charge in [-0.25, -0.2) is 14.4 Å². The van der Waals surface area contributed by atoms with E-state index in [9.17, 15) is 22.4 Å². The maximum Gasteiger partial charge on any atom is 0.261 e. The van der Waals surface area contributed by atoms with Crippen molar-refractivity contribution in [2.75, 3.05) is 12.0 Å². The van der Waals surface area contributed by atoms with Crippen molar-refractivity contribution in [2.24, 2.45) is 5.41 Å². The zero-order chi connectivity index (χ0) is 23.6. The lowest BCUT2D eigenvalue weighted by molar-refractivity contribution is 0.0814. The molecule has 1 aromatic carbocycles. The molecule has 0 spiro atoms. The minimum Gasteiger partial charge on any atom is -0.369 e. The van der Waals surface area contributed by atoms with E-state index in [0.29, 0.717) is 29.9 Å². The summed E-state index contributed by atoms with van der Waals surface area (Å²) in [6, 6.07) is 7.88. The van der Waals surface area contributed by atoms with Gasteiger partial charge in [0.15, 0.2) is 5.65 Å². The number of imidazole rings is 1.